The summed E-state index contributed by atoms with van der Waals surface area (Å²) in [7, 11) is 3.28. The standard InChI is InChI=1S/C26H22O4/c1-15(27)17-5-9-21-19(13-17)7-11-23(29-3)25(21)26-22-10-6-18(16(2)28)14-20(22)8-12-24(26)30-4/h5-14H,1-4H3. The molecule has 4 rings (SSSR count). The van der Waals surface area contributed by atoms with Gasteiger partial charge in [0.25, 0.3) is 0 Å². The van der Waals surface area contributed by atoms with Gasteiger partial charge in [0.05, 0.1) is 14.2 Å². The summed E-state index contributed by atoms with van der Waals surface area (Å²) in [6.45, 7) is 3.12. The van der Waals surface area contributed by atoms with Crippen LogP contribution in [0.3, 0.4) is 0 Å². The lowest BCUT2D eigenvalue weighted by molar-refractivity contribution is 0.100. The Morgan fingerprint density at radius 1 is 0.600 bits per heavy atom. The zero-order valence-corrected chi connectivity index (χ0v) is 17.4. The highest BCUT2D eigenvalue weighted by Gasteiger charge is 2.19. The number of benzene rings is 4. The van der Waals surface area contributed by atoms with E-state index in [0.29, 0.717) is 22.6 Å². The molecule has 0 saturated heterocycles. The second-order valence-corrected chi connectivity index (χ2v) is 7.27. The summed E-state index contributed by atoms with van der Waals surface area (Å²) >= 11 is 0. The van der Waals surface area contributed by atoms with Crippen LogP contribution in [0.2, 0.25) is 0 Å². The average molecular weight is 398 g/mol. The maximum absolute atomic E-state index is 11.9. The third kappa shape index (κ3) is 3.20. The molecule has 0 saturated carbocycles. The SMILES string of the molecule is COc1ccc2cc(C(C)=O)ccc2c1-c1c(OC)ccc2cc(C(C)=O)ccc12. The van der Waals surface area contributed by atoms with E-state index >= 15 is 0 Å². The predicted octanol–water partition coefficient (Wildman–Crippen LogP) is 6.08. The molecule has 0 atom stereocenters. The van der Waals surface area contributed by atoms with Gasteiger partial charge in [0.1, 0.15) is 11.5 Å². The van der Waals surface area contributed by atoms with Crippen LogP contribution in [0.1, 0.15) is 34.6 Å². The number of ether oxygens (including phenoxy) is 2. The average Bonchev–Trinajstić information content (AvgIpc) is 2.76. The minimum Gasteiger partial charge on any atom is -0.496 e. The van der Waals surface area contributed by atoms with Crippen LogP contribution in [0.5, 0.6) is 11.5 Å². The second kappa shape index (κ2) is 7.64. The fourth-order valence-corrected chi connectivity index (χ4v) is 3.91. The molecule has 0 aliphatic rings. The molecule has 0 aliphatic heterocycles. The van der Waals surface area contributed by atoms with Gasteiger partial charge in [-0.3, -0.25) is 9.59 Å². The van der Waals surface area contributed by atoms with Gasteiger partial charge in [-0.15, -0.1) is 0 Å². The quantitative estimate of drug-likeness (QED) is 0.382. The summed E-state index contributed by atoms with van der Waals surface area (Å²) in [5.41, 5.74) is 3.11. The Morgan fingerprint density at radius 2 is 1.00 bits per heavy atom. The molecule has 150 valence electrons. The van der Waals surface area contributed by atoms with Crippen LogP contribution in [0.15, 0.2) is 60.7 Å². The van der Waals surface area contributed by atoms with E-state index in [1.54, 1.807) is 28.1 Å². The van der Waals surface area contributed by atoms with Crippen LogP contribution in [-0.4, -0.2) is 25.8 Å². The highest BCUT2D eigenvalue weighted by Crippen LogP contribution is 2.45. The van der Waals surface area contributed by atoms with Crippen LogP contribution in [0, 0.1) is 0 Å². The van der Waals surface area contributed by atoms with Crippen LogP contribution < -0.4 is 9.47 Å². The first-order valence-electron chi connectivity index (χ1n) is 9.68. The molecule has 4 nitrogen and oxygen atoms in total. The van der Waals surface area contributed by atoms with Crippen molar-refractivity contribution in [1.29, 1.82) is 0 Å². The lowest BCUT2D eigenvalue weighted by atomic mass is 9.90. The minimum atomic E-state index is 0.0220. The van der Waals surface area contributed by atoms with E-state index in [4.69, 9.17) is 9.47 Å². The molecule has 30 heavy (non-hydrogen) atoms. The smallest absolute Gasteiger partial charge is 0.159 e. The number of Topliss-reactive ketones (excluding diaryl/α,β-unsaturated/α-hetero) is 2. The number of carbonyl (C=O) groups is 2. The summed E-state index contributed by atoms with van der Waals surface area (Å²) in [4.78, 5) is 23.7. The van der Waals surface area contributed by atoms with E-state index in [9.17, 15) is 9.59 Å². The van der Waals surface area contributed by atoms with Crippen molar-refractivity contribution in [2.45, 2.75) is 13.8 Å². The van der Waals surface area contributed by atoms with E-state index in [0.717, 1.165) is 32.7 Å². The molecule has 4 aromatic rings. The molecule has 0 radical (unpaired) electrons. The normalized spacial score (nSPS) is 10.9. The first kappa shape index (κ1) is 19.6. The van der Waals surface area contributed by atoms with Gasteiger partial charge in [0.15, 0.2) is 11.6 Å². The summed E-state index contributed by atoms with van der Waals surface area (Å²) in [6, 6.07) is 19.1. The number of ketones is 2. The molecule has 0 fully saturated rings. The number of hydrogen-bond acceptors (Lipinski definition) is 4. The van der Waals surface area contributed by atoms with Crippen molar-refractivity contribution in [3.63, 3.8) is 0 Å². The molecule has 0 N–H and O–H groups in total. The predicted molar refractivity (Wildman–Crippen MR) is 120 cm³/mol. The van der Waals surface area contributed by atoms with Gasteiger partial charge in [-0.2, -0.15) is 0 Å². The third-order valence-corrected chi connectivity index (χ3v) is 5.47. The zero-order chi connectivity index (χ0) is 21.4. The van der Waals surface area contributed by atoms with Crippen molar-refractivity contribution in [1.82, 2.24) is 0 Å². The molecule has 0 aromatic heterocycles. The second-order valence-electron chi connectivity index (χ2n) is 7.27. The third-order valence-electron chi connectivity index (χ3n) is 5.47. The highest BCUT2D eigenvalue weighted by atomic mass is 16.5. The fourth-order valence-electron chi connectivity index (χ4n) is 3.91. The molecular weight excluding hydrogens is 376 g/mol. The van der Waals surface area contributed by atoms with Crippen molar-refractivity contribution in [2.75, 3.05) is 14.2 Å². The topological polar surface area (TPSA) is 52.6 Å². The van der Waals surface area contributed by atoms with Crippen LogP contribution in [0.4, 0.5) is 0 Å². The monoisotopic (exact) mass is 398 g/mol. The van der Waals surface area contributed by atoms with Gasteiger partial charge in [-0.1, -0.05) is 36.4 Å². The van der Waals surface area contributed by atoms with Crippen molar-refractivity contribution in [3.8, 4) is 22.6 Å². The maximum Gasteiger partial charge on any atom is 0.159 e. The molecular formula is C26H22O4. The lowest BCUT2D eigenvalue weighted by Gasteiger charge is -2.18. The Kier molecular flexibility index (Phi) is 5.00. The van der Waals surface area contributed by atoms with Crippen molar-refractivity contribution < 1.29 is 19.1 Å². The molecule has 4 aromatic carbocycles. The largest absolute Gasteiger partial charge is 0.496 e. The Balaban J connectivity index is 2.12. The fraction of sp³-hybridized carbons (Fsp3) is 0.154. The Morgan fingerprint density at radius 3 is 1.33 bits per heavy atom. The van der Waals surface area contributed by atoms with Crippen molar-refractivity contribution >= 4 is 33.1 Å². The van der Waals surface area contributed by atoms with Gasteiger partial charge in [-0.05, 0) is 59.7 Å². The summed E-state index contributed by atoms with van der Waals surface area (Å²) in [5, 5.41) is 3.80. The van der Waals surface area contributed by atoms with Gasteiger partial charge < -0.3 is 9.47 Å². The van der Waals surface area contributed by atoms with Gasteiger partial charge in [0.2, 0.25) is 0 Å². The first-order chi connectivity index (χ1) is 14.4. The van der Waals surface area contributed by atoms with E-state index in [2.05, 4.69) is 0 Å². The molecule has 4 heteroatoms. The van der Waals surface area contributed by atoms with Crippen molar-refractivity contribution in [2.24, 2.45) is 0 Å². The Labute approximate surface area is 175 Å². The summed E-state index contributed by atoms with van der Waals surface area (Å²) in [6.07, 6.45) is 0. The Bertz CT molecular complexity index is 1210. The van der Waals surface area contributed by atoms with Crippen LogP contribution >= 0.6 is 0 Å². The molecule has 0 bridgehead atoms. The Hall–Kier alpha value is -3.66. The molecule has 0 heterocycles. The first-order valence-corrected chi connectivity index (χ1v) is 9.68. The number of fused-ring (bicyclic) bond motifs is 2. The van der Waals surface area contributed by atoms with E-state index < -0.39 is 0 Å². The summed E-state index contributed by atoms with van der Waals surface area (Å²) < 4.78 is 11.4. The van der Waals surface area contributed by atoms with Gasteiger partial charge in [-0.25, -0.2) is 0 Å². The van der Waals surface area contributed by atoms with Gasteiger partial charge >= 0.3 is 0 Å². The minimum absolute atomic E-state index is 0.0220. The van der Waals surface area contributed by atoms with Gasteiger partial charge in [0, 0.05) is 22.3 Å². The van der Waals surface area contributed by atoms with Crippen LogP contribution in [-0.2, 0) is 0 Å². The van der Waals surface area contributed by atoms with E-state index in [-0.39, 0.29) is 11.6 Å². The number of carbonyl (C=O) groups excluding carboxylic acids is 2. The molecule has 0 amide bonds. The number of hydrogen-bond donors (Lipinski definition) is 0. The van der Waals surface area contributed by atoms with E-state index in [1.807, 2.05) is 60.7 Å². The number of rotatable bonds is 5. The summed E-state index contributed by atoms with van der Waals surface area (Å²) in [5.74, 6) is 1.46. The maximum atomic E-state index is 11.9. The molecule has 0 spiro atoms. The van der Waals surface area contributed by atoms with Crippen LogP contribution in [0.25, 0.3) is 32.7 Å². The van der Waals surface area contributed by atoms with Crippen molar-refractivity contribution in [3.05, 3.63) is 71.8 Å². The zero-order valence-electron chi connectivity index (χ0n) is 17.4. The number of methoxy groups -OCH3 is 2. The lowest BCUT2D eigenvalue weighted by Crippen LogP contribution is -1.97. The molecule has 0 unspecified atom stereocenters. The highest BCUT2D eigenvalue weighted by molar-refractivity contribution is 6.12. The van der Waals surface area contributed by atoms with E-state index in [1.165, 1.54) is 0 Å². The molecule has 0 aliphatic carbocycles.